The fourth-order valence-corrected chi connectivity index (χ4v) is 6.30. The van der Waals surface area contributed by atoms with Gasteiger partial charge < -0.3 is 29.9 Å². The Bertz CT molecular complexity index is 1440. The van der Waals surface area contributed by atoms with Gasteiger partial charge in [0, 0.05) is 36.1 Å². The van der Waals surface area contributed by atoms with Gasteiger partial charge in [0.25, 0.3) is 11.8 Å². The number of piperidine rings is 1. The zero-order valence-electron chi connectivity index (χ0n) is 22.9. The predicted octanol–water partition coefficient (Wildman–Crippen LogP) is 4.55. The second-order valence-electron chi connectivity index (χ2n) is 10.9. The van der Waals surface area contributed by atoms with E-state index in [9.17, 15) is 9.59 Å². The topological polar surface area (TPSA) is 97.9 Å². The summed E-state index contributed by atoms with van der Waals surface area (Å²) in [6.07, 6.45) is 6.38. The third kappa shape index (κ3) is 5.17. The highest BCUT2D eigenvalue weighted by molar-refractivity contribution is 6.36. The summed E-state index contributed by atoms with van der Waals surface area (Å²) in [5.41, 5.74) is 5.95. The van der Waals surface area contributed by atoms with Gasteiger partial charge in [0.05, 0.1) is 23.4 Å². The number of fused-ring (bicyclic) bond motifs is 1. The van der Waals surface area contributed by atoms with Crippen molar-refractivity contribution < 1.29 is 19.4 Å². The van der Waals surface area contributed by atoms with E-state index in [1.165, 1.54) is 25.9 Å². The van der Waals surface area contributed by atoms with Crippen LogP contribution in [-0.2, 0) is 4.79 Å². The Morgan fingerprint density at radius 1 is 1.07 bits per heavy atom. The molecule has 40 heavy (non-hydrogen) atoms. The molecule has 2 fully saturated rings. The minimum atomic E-state index is -0.202. The predicted molar refractivity (Wildman–Crippen MR) is 156 cm³/mol. The lowest BCUT2D eigenvalue weighted by Gasteiger charge is -2.36. The maximum atomic E-state index is 13.7. The molecule has 8 nitrogen and oxygen atoms in total. The molecule has 208 valence electrons. The van der Waals surface area contributed by atoms with Crippen LogP contribution in [0.4, 0.5) is 5.69 Å². The van der Waals surface area contributed by atoms with Crippen molar-refractivity contribution in [2.75, 3.05) is 44.7 Å². The van der Waals surface area contributed by atoms with Gasteiger partial charge in [-0.05, 0) is 87.2 Å². The molecule has 3 aliphatic rings. The Labute approximate surface area is 234 Å². The number of aromatic nitrogens is 1. The van der Waals surface area contributed by atoms with E-state index in [-0.39, 0.29) is 25.0 Å². The van der Waals surface area contributed by atoms with Crippen LogP contribution in [0.2, 0.25) is 0 Å². The number of anilines is 1. The van der Waals surface area contributed by atoms with Crippen LogP contribution >= 0.6 is 0 Å². The number of H-pyrrole nitrogens is 1. The Morgan fingerprint density at radius 2 is 1.85 bits per heavy atom. The van der Waals surface area contributed by atoms with Crippen molar-refractivity contribution in [2.24, 2.45) is 0 Å². The molecule has 0 radical (unpaired) electrons. The number of nitrogens with one attached hydrogen (secondary N) is 2. The van der Waals surface area contributed by atoms with Crippen LogP contribution in [0, 0.1) is 6.92 Å². The molecule has 1 aromatic heterocycles. The van der Waals surface area contributed by atoms with Crippen molar-refractivity contribution in [3.05, 3.63) is 71.0 Å². The smallest absolute Gasteiger partial charge is 0.256 e. The van der Waals surface area contributed by atoms with Gasteiger partial charge in [0.2, 0.25) is 0 Å². The number of likely N-dealkylation sites (tertiary alicyclic amines) is 2. The van der Waals surface area contributed by atoms with Crippen LogP contribution < -0.4 is 10.1 Å². The van der Waals surface area contributed by atoms with Crippen LogP contribution in [0.3, 0.4) is 0 Å². The molecule has 3 N–H and O–H groups in total. The number of hydrogen-bond donors (Lipinski definition) is 3. The number of aromatic amines is 1. The highest BCUT2D eigenvalue weighted by atomic mass is 16.5. The number of rotatable bonds is 7. The van der Waals surface area contributed by atoms with Crippen LogP contribution in [0.5, 0.6) is 5.75 Å². The van der Waals surface area contributed by atoms with Gasteiger partial charge in [-0.15, -0.1) is 0 Å². The SMILES string of the molecule is Cc1cc(C(=O)N2CCC(N3CCCC3)CC2)c(C=C2C(=O)Nc3cccc(-c4cccc(OCCO)c4)c32)[nH]1. The van der Waals surface area contributed by atoms with Crippen molar-refractivity contribution in [2.45, 2.75) is 38.6 Å². The maximum Gasteiger partial charge on any atom is 0.256 e. The van der Waals surface area contributed by atoms with Crippen molar-refractivity contribution in [3.63, 3.8) is 0 Å². The van der Waals surface area contributed by atoms with E-state index in [0.29, 0.717) is 28.6 Å². The highest BCUT2D eigenvalue weighted by Gasteiger charge is 2.31. The average Bonchev–Trinajstić information content (AvgIpc) is 3.71. The van der Waals surface area contributed by atoms with Gasteiger partial charge >= 0.3 is 0 Å². The Hall–Kier alpha value is -3.88. The first-order valence-electron chi connectivity index (χ1n) is 14.3. The van der Waals surface area contributed by atoms with E-state index in [1.807, 2.05) is 66.4 Å². The summed E-state index contributed by atoms with van der Waals surface area (Å²) in [6, 6.07) is 15.9. The Kier molecular flexibility index (Phi) is 7.45. The zero-order chi connectivity index (χ0) is 27.6. The first-order chi connectivity index (χ1) is 19.5. The van der Waals surface area contributed by atoms with E-state index in [0.717, 1.165) is 54.0 Å². The van der Waals surface area contributed by atoms with E-state index in [1.54, 1.807) is 0 Å². The first-order valence-corrected chi connectivity index (χ1v) is 14.3. The van der Waals surface area contributed by atoms with Gasteiger partial charge in [-0.3, -0.25) is 9.59 Å². The van der Waals surface area contributed by atoms with E-state index < -0.39 is 0 Å². The minimum Gasteiger partial charge on any atom is -0.491 e. The highest BCUT2D eigenvalue weighted by Crippen LogP contribution is 2.41. The molecular weight excluding hydrogens is 504 g/mol. The molecule has 0 unspecified atom stereocenters. The van der Waals surface area contributed by atoms with Crippen molar-refractivity contribution in [1.29, 1.82) is 0 Å². The van der Waals surface area contributed by atoms with E-state index in [4.69, 9.17) is 9.84 Å². The number of ether oxygens (including phenoxy) is 1. The van der Waals surface area contributed by atoms with Crippen molar-refractivity contribution in [1.82, 2.24) is 14.8 Å². The van der Waals surface area contributed by atoms with Gasteiger partial charge in [0.15, 0.2) is 0 Å². The number of carbonyl (C=O) groups excluding carboxylic acids is 2. The van der Waals surface area contributed by atoms with Crippen molar-refractivity contribution >= 4 is 29.2 Å². The molecular formula is C32H36N4O4. The molecule has 0 bridgehead atoms. The number of aryl methyl sites for hydroxylation is 1. The summed E-state index contributed by atoms with van der Waals surface area (Å²) >= 11 is 0. The van der Waals surface area contributed by atoms with Crippen LogP contribution in [0.1, 0.15) is 53.0 Å². The number of hydrogen-bond acceptors (Lipinski definition) is 5. The fourth-order valence-electron chi connectivity index (χ4n) is 6.30. The molecule has 4 heterocycles. The molecule has 2 aromatic carbocycles. The summed E-state index contributed by atoms with van der Waals surface area (Å²) in [7, 11) is 0. The monoisotopic (exact) mass is 540 g/mol. The van der Waals surface area contributed by atoms with Crippen molar-refractivity contribution in [3.8, 4) is 16.9 Å². The second kappa shape index (κ2) is 11.3. The number of benzene rings is 2. The summed E-state index contributed by atoms with van der Waals surface area (Å²) < 4.78 is 5.62. The minimum absolute atomic E-state index is 0.0109. The fraction of sp³-hybridized carbons (Fsp3) is 0.375. The quantitative estimate of drug-likeness (QED) is 0.382. The summed E-state index contributed by atoms with van der Waals surface area (Å²) in [5.74, 6) is 0.456. The van der Waals surface area contributed by atoms with Gasteiger partial charge in [0.1, 0.15) is 12.4 Å². The van der Waals surface area contributed by atoms with Crippen LogP contribution in [0.15, 0.2) is 48.5 Å². The molecule has 3 aliphatic heterocycles. The second-order valence-corrected chi connectivity index (χ2v) is 10.9. The lowest BCUT2D eigenvalue weighted by atomic mass is 9.94. The Morgan fingerprint density at radius 3 is 2.62 bits per heavy atom. The van der Waals surface area contributed by atoms with Gasteiger partial charge in [-0.25, -0.2) is 0 Å². The third-order valence-electron chi connectivity index (χ3n) is 8.24. The molecule has 8 heteroatoms. The average molecular weight is 541 g/mol. The number of carbonyl (C=O) groups is 2. The van der Waals surface area contributed by atoms with E-state index >= 15 is 0 Å². The zero-order valence-corrected chi connectivity index (χ0v) is 22.9. The summed E-state index contributed by atoms with van der Waals surface area (Å²) in [5, 5.41) is 12.1. The molecule has 0 atom stereocenters. The lowest BCUT2D eigenvalue weighted by molar-refractivity contribution is -0.110. The molecule has 0 saturated carbocycles. The summed E-state index contributed by atoms with van der Waals surface area (Å²) in [4.78, 5) is 34.8. The number of amides is 2. The molecule has 0 aliphatic carbocycles. The normalized spacial score (nSPS) is 18.8. The van der Waals surface area contributed by atoms with E-state index in [2.05, 4.69) is 15.2 Å². The molecule has 2 saturated heterocycles. The van der Waals surface area contributed by atoms with Crippen LogP contribution in [0.25, 0.3) is 22.8 Å². The maximum absolute atomic E-state index is 13.7. The standard InChI is InChI=1S/C32H36N4O4/c1-21-18-26(32(39)36-14-10-23(11-15-36)35-12-2-3-13-35)29(33-21)20-27-30-25(8-5-9-28(30)34-31(27)38)22-6-4-7-24(19-22)40-17-16-37/h4-9,18-20,23,33,37H,2-3,10-17H2,1H3,(H,34,38). The van der Waals surface area contributed by atoms with Gasteiger partial charge in [-0.2, -0.15) is 0 Å². The third-order valence-corrected chi connectivity index (χ3v) is 8.24. The summed E-state index contributed by atoms with van der Waals surface area (Å²) in [6.45, 7) is 5.94. The van der Waals surface area contributed by atoms with Gasteiger partial charge in [-0.1, -0.05) is 24.3 Å². The first kappa shape index (κ1) is 26.3. The molecule has 0 spiro atoms. The Balaban J connectivity index is 1.30. The number of aliphatic hydroxyl groups is 1. The number of aliphatic hydroxyl groups excluding tert-OH is 1. The molecule has 3 aromatic rings. The number of nitrogens with zero attached hydrogens (tertiary/aromatic N) is 2. The lowest BCUT2D eigenvalue weighted by Crippen LogP contribution is -2.46. The van der Waals surface area contributed by atoms with Crippen LogP contribution in [-0.4, -0.2) is 77.1 Å². The molecule has 2 amide bonds. The molecule has 6 rings (SSSR count). The largest absolute Gasteiger partial charge is 0.491 e.